The number of carboxylic acid groups (broad SMARTS) is 1. The number of carbonyl (C=O) groups excluding carboxylic acids is 1. The first-order chi connectivity index (χ1) is 10.2. The molecule has 0 aromatic rings. The Hall–Kier alpha value is -1.06. The van der Waals surface area contributed by atoms with Crippen LogP contribution in [0.15, 0.2) is 0 Å². The lowest BCUT2D eigenvalue weighted by Crippen LogP contribution is -2.44. The van der Waals surface area contributed by atoms with Crippen LogP contribution < -0.4 is 0 Å². The standard InChI is InChI=1S/C17H29NO3/c19-16(12-7-10-14-8-3-1-4-9-14)18-13-6-2-5-11-15(18)17(20)21/h14-15H,1-13H2,(H,20,21). The molecule has 1 aliphatic heterocycles. The molecule has 120 valence electrons. The smallest absolute Gasteiger partial charge is 0.326 e. The predicted octanol–water partition coefficient (Wildman–Crippen LogP) is 3.59. The molecule has 0 aromatic heterocycles. The van der Waals surface area contributed by atoms with E-state index in [1.165, 1.54) is 32.1 Å². The third-order valence-electron chi connectivity index (χ3n) is 5.09. The minimum atomic E-state index is -0.836. The molecule has 1 aliphatic carbocycles. The average molecular weight is 295 g/mol. The molecule has 1 N–H and O–H groups in total. The van der Waals surface area contributed by atoms with E-state index in [1.807, 2.05) is 0 Å². The molecule has 1 heterocycles. The Morgan fingerprint density at radius 2 is 1.62 bits per heavy atom. The van der Waals surface area contributed by atoms with Crippen LogP contribution in [0, 0.1) is 5.92 Å². The van der Waals surface area contributed by atoms with E-state index in [0.717, 1.165) is 38.0 Å². The van der Waals surface area contributed by atoms with Crippen molar-refractivity contribution in [1.29, 1.82) is 0 Å². The van der Waals surface area contributed by atoms with Crippen molar-refractivity contribution >= 4 is 11.9 Å². The second kappa shape index (κ2) is 8.40. The van der Waals surface area contributed by atoms with Gasteiger partial charge >= 0.3 is 5.97 Å². The third kappa shape index (κ3) is 5.01. The number of carboxylic acids is 1. The Kier molecular flexibility index (Phi) is 6.52. The van der Waals surface area contributed by atoms with Crippen LogP contribution in [0.4, 0.5) is 0 Å². The van der Waals surface area contributed by atoms with Crippen molar-refractivity contribution in [2.45, 2.75) is 83.1 Å². The van der Waals surface area contributed by atoms with Gasteiger partial charge in [-0.05, 0) is 31.6 Å². The van der Waals surface area contributed by atoms with E-state index < -0.39 is 12.0 Å². The summed E-state index contributed by atoms with van der Waals surface area (Å²) in [5.74, 6) is 0.0172. The number of likely N-dealkylation sites (tertiary alicyclic amines) is 1. The fourth-order valence-corrected chi connectivity index (χ4v) is 3.82. The van der Waals surface area contributed by atoms with Crippen LogP contribution in [-0.2, 0) is 9.59 Å². The van der Waals surface area contributed by atoms with Crippen LogP contribution >= 0.6 is 0 Å². The number of amides is 1. The highest BCUT2D eigenvalue weighted by Crippen LogP contribution is 2.28. The molecule has 21 heavy (non-hydrogen) atoms. The van der Waals surface area contributed by atoms with Crippen molar-refractivity contribution in [1.82, 2.24) is 4.90 Å². The molecule has 1 saturated carbocycles. The van der Waals surface area contributed by atoms with Crippen molar-refractivity contribution < 1.29 is 14.7 Å². The number of carbonyl (C=O) groups is 2. The topological polar surface area (TPSA) is 57.6 Å². The largest absolute Gasteiger partial charge is 0.480 e. The molecule has 0 aromatic carbocycles. The van der Waals surface area contributed by atoms with Crippen LogP contribution in [0.5, 0.6) is 0 Å². The molecule has 1 atom stereocenters. The van der Waals surface area contributed by atoms with Gasteiger partial charge in [0.1, 0.15) is 6.04 Å². The lowest BCUT2D eigenvalue weighted by molar-refractivity contribution is -0.150. The van der Waals surface area contributed by atoms with Crippen molar-refractivity contribution in [3.8, 4) is 0 Å². The summed E-state index contributed by atoms with van der Waals surface area (Å²) >= 11 is 0. The second-order valence-electron chi connectivity index (χ2n) is 6.69. The molecular formula is C17H29NO3. The number of hydrogen-bond donors (Lipinski definition) is 1. The van der Waals surface area contributed by atoms with Crippen molar-refractivity contribution in [2.24, 2.45) is 5.92 Å². The summed E-state index contributed by atoms with van der Waals surface area (Å²) in [4.78, 5) is 25.4. The van der Waals surface area contributed by atoms with Gasteiger partial charge in [-0.3, -0.25) is 4.79 Å². The first-order valence-electron chi connectivity index (χ1n) is 8.71. The highest BCUT2D eigenvalue weighted by molar-refractivity contribution is 5.83. The Morgan fingerprint density at radius 1 is 0.952 bits per heavy atom. The number of rotatable bonds is 5. The summed E-state index contributed by atoms with van der Waals surface area (Å²) in [6.45, 7) is 0.624. The van der Waals surface area contributed by atoms with Crippen molar-refractivity contribution in [3.63, 3.8) is 0 Å². The van der Waals surface area contributed by atoms with E-state index >= 15 is 0 Å². The van der Waals surface area contributed by atoms with Crippen molar-refractivity contribution in [3.05, 3.63) is 0 Å². The molecule has 4 heteroatoms. The van der Waals surface area contributed by atoms with Gasteiger partial charge in [-0.1, -0.05) is 44.9 Å². The van der Waals surface area contributed by atoms with Crippen molar-refractivity contribution in [2.75, 3.05) is 6.54 Å². The number of hydrogen-bond acceptors (Lipinski definition) is 2. The van der Waals surface area contributed by atoms with Gasteiger partial charge in [0.25, 0.3) is 0 Å². The molecule has 2 rings (SSSR count). The SMILES string of the molecule is O=C(O)C1CCCCCN1C(=O)CCCC1CCCCC1. The maximum Gasteiger partial charge on any atom is 0.326 e. The summed E-state index contributed by atoms with van der Waals surface area (Å²) < 4.78 is 0. The van der Waals surface area contributed by atoms with Gasteiger partial charge < -0.3 is 10.0 Å². The maximum absolute atomic E-state index is 12.4. The van der Waals surface area contributed by atoms with Gasteiger partial charge in [0.15, 0.2) is 0 Å². The predicted molar refractivity (Wildman–Crippen MR) is 82.0 cm³/mol. The van der Waals surface area contributed by atoms with Crippen LogP contribution in [0.3, 0.4) is 0 Å². The van der Waals surface area contributed by atoms with Gasteiger partial charge in [-0.2, -0.15) is 0 Å². The molecule has 4 nitrogen and oxygen atoms in total. The summed E-state index contributed by atoms with van der Waals surface area (Å²) in [7, 11) is 0. The zero-order valence-electron chi connectivity index (χ0n) is 13.1. The summed E-state index contributed by atoms with van der Waals surface area (Å²) in [6.07, 6.45) is 12.8. The van der Waals surface area contributed by atoms with E-state index in [9.17, 15) is 14.7 Å². The first kappa shape index (κ1) is 16.3. The Morgan fingerprint density at radius 3 is 2.33 bits per heavy atom. The average Bonchev–Trinajstić information content (AvgIpc) is 2.74. The fourth-order valence-electron chi connectivity index (χ4n) is 3.82. The summed E-state index contributed by atoms with van der Waals surface area (Å²) in [5, 5.41) is 9.32. The summed E-state index contributed by atoms with van der Waals surface area (Å²) in [6, 6.07) is -0.588. The lowest BCUT2D eigenvalue weighted by atomic mass is 9.86. The van der Waals surface area contributed by atoms with Gasteiger partial charge in [-0.15, -0.1) is 0 Å². The Bertz CT molecular complexity index is 350. The zero-order valence-corrected chi connectivity index (χ0v) is 13.1. The van der Waals surface area contributed by atoms with Crippen LogP contribution in [0.1, 0.15) is 77.0 Å². The molecular weight excluding hydrogens is 266 g/mol. The molecule has 1 unspecified atom stereocenters. The first-order valence-corrected chi connectivity index (χ1v) is 8.71. The zero-order chi connectivity index (χ0) is 15.1. The molecule has 1 saturated heterocycles. The van der Waals surface area contributed by atoms with E-state index in [4.69, 9.17) is 0 Å². The normalized spacial score (nSPS) is 24.6. The van der Waals surface area contributed by atoms with Gasteiger partial charge in [-0.25, -0.2) is 4.79 Å². The lowest BCUT2D eigenvalue weighted by Gasteiger charge is -2.27. The molecule has 0 spiro atoms. The van der Waals surface area contributed by atoms with Crippen LogP contribution in [0.25, 0.3) is 0 Å². The van der Waals surface area contributed by atoms with Gasteiger partial charge in [0.05, 0.1) is 0 Å². The van der Waals surface area contributed by atoms with E-state index in [1.54, 1.807) is 4.90 Å². The minimum absolute atomic E-state index is 0.0557. The Labute approximate surface area is 127 Å². The number of nitrogens with zero attached hydrogens (tertiary/aromatic N) is 1. The third-order valence-corrected chi connectivity index (χ3v) is 5.09. The maximum atomic E-state index is 12.4. The molecule has 2 fully saturated rings. The molecule has 0 radical (unpaired) electrons. The molecule has 0 bridgehead atoms. The highest BCUT2D eigenvalue weighted by Gasteiger charge is 2.30. The quantitative estimate of drug-likeness (QED) is 0.843. The monoisotopic (exact) mass is 295 g/mol. The molecule has 2 aliphatic rings. The highest BCUT2D eigenvalue weighted by atomic mass is 16.4. The Balaban J connectivity index is 1.78. The van der Waals surface area contributed by atoms with Crippen LogP contribution in [0.2, 0.25) is 0 Å². The second-order valence-corrected chi connectivity index (χ2v) is 6.69. The molecule has 1 amide bonds. The van der Waals surface area contributed by atoms with E-state index in [2.05, 4.69) is 0 Å². The summed E-state index contributed by atoms with van der Waals surface area (Å²) in [5.41, 5.74) is 0. The van der Waals surface area contributed by atoms with Gasteiger partial charge in [0, 0.05) is 13.0 Å². The van der Waals surface area contributed by atoms with E-state index in [0.29, 0.717) is 19.4 Å². The number of aliphatic carboxylic acids is 1. The minimum Gasteiger partial charge on any atom is -0.480 e. The fraction of sp³-hybridized carbons (Fsp3) is 0.882. The van der Waals surface area contributed by atoms with Crippen LogP contribution in [-0.4, -0.2) is 34.5 Å². The van der Waals surface area contributed by atoms with E-state index in [-0.39, 0.29) is 5.91 Å². The van der Waals surface area contributed by atoms with Gasteiger partial charge in [0.2, 0.25) is 5.91 Å².